The summed E-state index contributed by atoms with van der Waals surface area (Å²) < 4.78 is 13.0. The molecule has 4 heterocycles. The average molecular weight is 487 g/mol. The molecule has 8 heteroatoms. The van der Waals surface area contributed by atoms with Crippen molar-refractivity contribution < 1.29 is 19.1 Å². The van der Waals surface area contributed by atoms with E-state index in [4.69, 9.17) is 14.6 Å². The van der Waals surface area contributed by atoms with E-state index in [2.05, 4.69) is 4.68 Å². The van der Waals surface area contributed by atoms with Gasteiger partial charge in [-0.1, -0.05) is 18.2 Å². The fourth-order valence-corrected chi connectivity index (χ4v) is 5.69. The number of hydrogen-bond donors (Lipinski definition) is 0. The molecule has 1 saturated heterocycles. The van der Waals surface area contributed by atoms with Crippen LogP contribution in [-0.4, -0.2) is 53.4 Å². The first-order valence-electron chi connectivity index (χ1n) is 12.6. The first kappa shape index (κ1) is 22.8. The van der Waals surface area contributed by atoms with Gasteiger partial charge in [0.15, 0.2) is 0 Å². The van der Waals surface area contributed by atoms with Crippen LogP contribution in [0.25, 0.3) is 11.3 Å². The number of benzene rings is 2. The number of ether oxygens (including phenoxy) is 2. The molecule has 3 aliphatic rings. The van der Waals surface area contributed by atoms with E-state index in [-0.39, 0.29) is 17.9 Å². The molecule has 8 nitrogen and oxygen atoms in total. The van der Waals surface area contributed by atoms with Crippen molar-refractivity contribution in [3.8, 4) is 17.0 Å². The van der Waals surface area contributed by atoms with E-state index in [1.807, 2.05) is 47.4 Å². The summed E-state index contributed by atoms with van der Waals surface area (Å²) >= 11 is 0. The van der Waals surface area contributed by atoms with Crippen LogP contribution in [0, 0.1) is 0 Å². The summed E-state index contributed by atoms with van der Waals surface area (Å²) in [5, 5.41) is 5.15. The van der Waals surface area contributed by atoms with Crippen molar-refractivity contribution in [2.24, 2.45) is 0 Å². The van der Waals surface area contributed by atoms with E-state index in [1.54, 1.807) is 18.9 Å². The highest BCUT2D eigenvalue weighted by Crippen LogP contribution is 2.39. The van der Waals surface area contributed by atoms with Crippen LogP contribution in [0.2, 0.25) is 0 Å². The van der Waals surface area contributed by atoms with Gasteiger partial charge in [-0.05, 0) is 42.7 Å². The second kappa shape index (κ2) is 9.09. The molecule has 1 fully saturated rings. The van der Waals surface area contributed by atoms with Crippen LogP contribution in [-0.2, 0) is 29.0 Å². The number of carbonyl (C=O) groups is 2. The third-order valence-electron chi connectivity index (χ3n) is 7.65. The van der Waals surface area contributed by atoms with Gasteiger partial charge in [-0.25, -0.2) is 0 Å². The molecular weight excluding hydrogens is 456 g/mol. The van der Waals surface area contributed by atoms with Gasteiger partial charge < -0.3 is 19.3 Å². The van der Waals surface area contributed by atoms with Crippen LogP contribution >= 0.6 is 0 Å². The second-order valence-electron chi connectivity index (χ2n) is 9.68. The molecule has 186 valence electrons. The molecule has 0 atom stereocenters. The van der Waals surface area contributed by atoms with Crippen LogP contribution < -0.4 is 9.64 Å². The zero-order valence-electron chi connectivity index (χ0n) is 20.7. The Hall–Kier alpha value is -3.65. The van der Waals surface area contributed by atoms with Gasteiger partial charge in [0.25, 0.3) is 5.91 Å². The third kappa shape index (κ3) is 3.76. The number of carbonyl (C=O) groups excluding carboxylic acids is 2. The topological polar surface area (TPSA) is 76.9 Å². The Labute approximate surface area is 210 Å². The Balaban J connectivity index is 1.43. The van der Waals surface area contributed by atoms with Crippen LogP contribution in [0.3, 0.4) is 0 Å². The highest BCUT2D eigenvalue weighted by Gasteiger charge is 2.35. The molecule has 0 radical (unpaired) electrons. The molecule has 3 aliphatic heterocycles. The predicted molar refractivity (Wildman–Crippen MR) is 135 cm³/mol. The highest BCUT2D eigenvalue weighted by molar-refractivity contribution is 6.14. The van der Waals surface area contributed by atoms with Crippen molar-refractivity contribution in [1.82, 2.24) is 14.7 Å². The van der Waals surface area contributed by atoms with Gasteiger partial charge in [0, 0.05) is 62.2 Å². The minimum atomic E-state index is -0.0284. The quantitative estimate of drug-likeness (QED) is 0.558. The minimum Gasteiger partial charge on any atom is -0.497 e. The Morgan fingerprint density at radius 1 is 1.08 bits per heavy atom. The number of fused-ring (bicyclic) bond motifs is 2. The Morgan fingerprint density at radius 3 is 2.58 bits per heavy atom. The molecule has 0 N–H and O–H groups in total. The van der Waals surface area contributed by atoms with Crippen molar-refractivity contribution in [3.63, 3.8) is 0 Å². The summed E-state index contributed by atoms with van der Waals surface area (Å²) in [4.78, 5) is 29.7. The maximum atomic E-state index is 13.8. The molecule has 2 amide bonds. The Bertz CT molecular complexity index is 1320. The second-order valence-corrected chi connectivity index (χ2v) is 9.68. The molecule has 0 unspecified atom stereocenters. The summed E-state index contributed by atoms with van der Waals surface area (Å²) in [7, 11) is 1.63. The van der Waals surface area contributed by atoms with Crippen LogP contribution in [0.1, 0.15) is 53.0 Å². The average Bonchev–Trinajstić information content (AvgIpc) is 3.47. The molecule has 6 rings (SSSR count). The fraction of sp³-hybridized carbons (Fsp3) is 0.393. The molecule has 1 aromatic heterocycles. The molecule has 0 spiro atoms. The number of amides is 2. The van der Waals surface area contributed by atoms with Gasteiger partial charge in [0.05, 0.1) is 31.0 Å². The molecule has 0 saturated carbocycles. The zero-order valence-corrected chi connectivity index (χ0v) is 20.7. The van der Waals surface area contributed by atoms with Crippen molar-refractivity contribution in [1.29, 1.82) is 0 Å². The summed E-state index contributed by atoms with van der Waals surface area (Å²) in [5.41, 5.74) is 6.44. The highest BCUT2D eigenvalue weighted by atomic mass is 16.5. The molecule has 0 aliphatic carbocycles. The lowest BCUT2D eigenvalue weighted by Crippen LogP contribution is -2.35. The van der Waals surface area contributed by atoms with Gasteiger partial charge in [-0.2, -0.15) is 5.10 Å². The smallest absolute Gasteiger partial charge is 0.259 e. The molecule has 36 heavy (non-hydrogen) atoms. The van der Waals surface area contributed by atoms with Crippen molar-refractivity contribution in [2.45, 2.75) is 45.3 Å². The Morgan fingerprint density at radius 2 is 1.86 bits per heavy atom. The van der Waals surface area contributed by atoms with Crippen molar-refractivity contribution >= 4 is 17.5 Å². The van der Waals surface area contributed by atoms with Gasteiger partial charge >= 0.3 is 0 Å². The number of nitrogens with zero attached hydrogens (tertiary/aromatic N) is 4. The van der Waals surface area contributed by atoms with E-state index >= 15 is 0 Å². The number of anilines is 1. The number of aromatic nitrogens is 2. The van der Waals surface area contributed by atoms with E-state index in [9.17, 15) is 9.59 Å². The zero-order chi connectivity index (χ0) is 24.8. The Kier molecular flexibility index (Phi) is 5.76. The maximum Gasteiger partial charge on any atom is 0.259 e. The lowest BCUT2D eigenvalue weighted by Gasteiger charge is -2.29. The number of rotatable bonds is 4. The molecule has 3 aromatic rings. The molecule has 2 aromatic carbocycles. The van der Waals surface area contributed by atoms with Gasteiger partial charge in [0.1, 0.15) is 5.75 Å². The summed E-state index contributed by atoms with van der Waals surface area (Å²) in [5.74, 6) is 0.786. The molecule has 0 bridgehead atoms. The lowest BCUT2D eigenvalue weighted by atomic mass is 9.95. The maximum absolute atomic E-state index is 13.8. The van der Waals surface area contributed by atoms with Crippen LogP contribution in [0.4, 0.5) is 5.69 Å². The monoisotopic (exact) mass is 486 g/mol. The predicted octanol–water partition coefficient (Wildman–Crippen LogP) is 3.98. The summed E-state index contributed by atoms with van der Waals surface area (Å²) in [6.07, 6.45) is 2.60. The first-order valence-corrected chi connectivity index (χ1v) is 12.6. The van der Waals surface area contributed by atoms with Crippen LogP contribution in [0.15, 0.2) is 42.5 Å². The van der Waals surface area contributed by atoms with E-state index < -0.39 is 0 Å². The first-order chi connectivity index (χ1) is 17.5. The van der Waals surface area contributed by atoms with Gasteiger partial charge in [-0.3, -0.25) is 14.3 Å². The largest absolute Gasteiger partial charge is 0.497 e. The minimum absolute atomic E-state index is 0.0284. The van der Waals surface area contributed by atoms with E-state index in [0.29, 0.717) is 25.2 Å². The summed E-state index contributed by atoms with van der Waals surface area (Å²) in [6.45, 7) is 4.78. The van der Waals surface area contributed by atoms with Crippen molar-refractivity contribution in [2.75, 3.05) is 31.8 Å². The van der Waals surface area contributed by atoms with Crippen LogP contribution in [0.5, 0.6) is 5.75 Å². The summed E-state index contributed by atoms with van der Waals surface area (Å²) in [6, 6.07) is 13.9. The van der Waals surface area contributed by atoms with Gasteiger partial charge in [0.2, 0.25) is 5.91 Å². The fourth-order valence-electron chi connectivity index (χ4n) is 5.69. The number of hydrogen-bond acceptors (Lipinski definition) is 5. The normalized spacial score (nSPS) is 17.8. The standard InChI is InChI=1S/C28H30N4O4/c1-18(33)30-13-10-25-24(17-30)27(29-32(25)21-11-14-36-15-12-21)23-5-3-4-19-16-31(28(34)26(19)23)20-6-8-22(35-2)9-7-20/h3-9,21H,10-17H2,1-2H3. The SMILES string of the molecule is COc1ccc(N2Cc3cccc(-c4nn(C5CCOCC5)c5c4CN(C(C)=O)CC5)c3C2=O)cc1. The lowest BCUT2D eigenvalue weighted by molar-refractivity contribution is -0.129. The molecular formula is C28H30N4O4. The van der Waals surface area contributed by atoms with E-state index in [1.165, 1.54) is 5.69 Å². The number of methoxy groups -OCH3 is 1. The third-order valence-corrected chi connectivity index (χ3v) is 7.65. The van der Waals surface area contributed by atoms with E-state index in [0.717, 1.165) is 66.3 Å². The van der Waals surface area contributed by atoms with Crippen molar-refractivity contribution in [3.05, 3.63) is 64.8 Å². The van der Waals surface area contributed by atoms with Gasteiger partial charge in [-0.15, -0.1) is 0 Å².